The van der Waals surface area contributed by atoms with E-state index < -0.39 is 16.7 Å². The maximum atomic E-state index is 13.1. The summed E-state index contributed by atoms with van der Waals surface area (Å²) >= 11 is 6.30. The molecule has 0 aliphatic rings. The largest absolute Gasteiger partial charge is 0.354 e. The summed E-state index contributed by atoms with van der Waals surface area (Å²) in [5.41, 5.74) is 0.985. The van der Waals surface area contributed by atoms with Crippen molar-refractivity contribution in [2.45, 2.75) is 25.7 Å². The smallest absolute Gasteiger partial charge is 0.334 e. The highest BCUT2D eigenvalue weighted by Crippen LogP contribution is 2.34. The number of carbonyl (C=O) groups excluding carboxylic acids is 1. The first-order chi connectivity index (χ1) is 13.4. The molecule has 0 radical (unpaired) electrons. The van der Waals surface area contributed by atoms with Crippen molar-refractivity contribution in [2.24, 2.45) is 0 Å². The quantitative estimate of drug-likeness (QED) is 0.304. The van der Waals surface area contributed by atoms with Crippen molar-refractivity contribution in [3.63, 3.8) is 0 Å². The van der Waals surface area contributed by atoms with Gasteiger partial charge in [-0.25, -0.2) is 4.39 Å². The molecule has 3 aromatic rings. The zero-order chi connectivity index (χ0) is 20.3. The number of carbonyl (C=O) groups is 1. The minimum Gasteiger partial charge on any atom is -0.354 e. The molecule has 2 aromatic carbocycles. The summed E-state index contributed by atoms with van der Waals surface area (Å²) in [5, 5.41) is 15.5. The fourth-order valence-electron chi connectivity index (χ4n) is 3.08. The van der Waals surface area contributed by atoms with Gasteiger partial charge in [0.2, 0.25) is 5.76 Å². The molecule has 0 saturated carbocycles. The van der Waals surface area contributed by atoms with Gasteiger partial charge in [-0.1, -0.05) is 35.0 Å². The molecule has 6 nitrogen and oxygen atoms in total. The molecule has 144 valence electrons. The fourth-order valence-corrected chi connectivity index (χ4v) is 3.37. The van der Waals surface area contributed by atoms with Crippen molar-refractivity contribution in [3.8, 4) is 0 Å². The van der Waals surface area contributed by atoms with Crippen LogP contribution in [-0.2, 0) is 6.42 Å². The van der Waals surface area contributed by atoms with E-state index in [1.165, 1.54) is 31.2 Å². The third-order valence-electron chi connectivity index (χ3n) is 4.46. The predicted octanol–water partition coefficient (Wildman–Crippen LogP) is 5.28. The molecular formula is C20H16ClFN2O4. The molecule has 0 fully saturated rings. The first kappa shape index (κ1) is 19.7. The zero-order valence-electron chi connectivity index (χ0n) is 14.9. The zero-order valence-corrected chi connectivity index (χ0v) is 15.6. The molecule has 0 bridgehead atoms. The SMILES string of the molecule is Cc1noc(C[C@H](CC(=O)c2ccc(F)cc2)c2ccccc2Cl)c1[N+](=O)[O-]. The molecule has 28 heavy (non-hydrogen) atoms. The second kappa shape index (κ2) is 8.31. The van der Waals surface area contributed by atoms with E-state index in [1.807, 2.05) is 0 Å². The van der Waals surface area contributed by atoms with Crippen LogP contribution in [0.2, 0.25) is 5.02 Å². The molecule has 0 saturated heterocycles. The van der Waals surface area contributed by atoms with Crippen molar-refractivity contribution in [1.82, 2.24) is 5.16 Å². The number of halogens is 2. The summed E-state index contributed by atoms with van der Waals surface area (Å²) in [5.74, 6) is -1.06. The first-order valence-electron chi connectivity index (χ1n) is 8.49. The van der Waals surface area contributed by atoms with Crippen LogP contribution in [0, 0.1) is 22.9 Å². The number of hydrogen-bond donors (Lipinski definition) is 0. The van der Waals surface area contributed by atoms with Crippen LogP contribution in [0.4, 0.5) is 10.1 Å². The number of benzene rings is 2. The van der Waals surface area contributed by atoms with E-state index in [1.54, 1.807) is 24.3 Å². The Morgan fingerprint density at radius 1 is 1.25 bits per heavy atom. The maximum Gasteiger partial charge on any atom is 0.334 e. The molecule has 1 atom stereocenters. The lowest BCUT2D eigenvalue weighted by molar-refractivity contribution is -0.386. The minimum absolute atomic E-state index is 0.0201. The van der Waals surface area contributed by atoms with Gasteiger partial charge in [0.25, 0.3) is 0 Å². The second-order valence-corrected chi connectivity index (χ2v) is 6.76. The molecule has 0 amide bonds. The Labute approximate surface area is 165 Å². The van der Waals surface area contributed by atoms with Gasteiger partial charge in [0.05, 0.1) is 4.92 Å². The molecule has 0 N–H and O–H groups in total. The van der Waals surface area contributed by atoms with Crippen LogP contribution in [0.15, 0.2) is 53.1 Å². The van der Waals surface area contributed by atoms with Gasteiger partial charge in [-0.05, 0) is 48.7 Å². The normalized spacial score (nSPS) is 12.0. The Morgan fingerprint density at radius 3 is 2.57 bits per heavy atom. The van der Waals surface area contributed by atoms with Gasteiger partial charge in [0.15, 0.2) is 11.5 Å². The Balaban J connectivity index is 1.94. The van der Waals surface area contributed by atoms with Crippen molar-refractivity contribution >= 4 is 23.1 Å². The molecule has 0 aliphatic carbocycles. The van der Waals surface area contributed by atoms with Crippen molar-refractivity contribution in [2.75, 3.05) is 0 Å². The van der Waals surface area contributed by atoms with Gasteiger partial charge in [-0.15, -0.1) is 0 Å². The van der Waals surface area contributed by atoms with Crippen LogP contribution in [0.3, 0.4) is 0 Å². The lowest BCUT2D eigenvalue weighted by Gasteiger charge is -2.17. The summed E-state index contributed by atoms with van der Waals surface area (Å²) in [4.78, 5) is 23.5. The van der Waals surface area contributed by atoms with Crippen LogP contribution in [0.5, 0.6) is 0 Å². The number of aromatic nitrogens is 1. The van der Waals surface area contributed by atoms with Crippen LogP contribution < -0.4 is 0 Å². The summed E-state index contributed by atoms with van der Waals surface area (Å²) in [7, 11) is 0. The molecule has 0 aliphatic heterocycles. The van der Waals surface area contributed by atoms with Gasteiger partial charge in [0.1, 0.15) is 5.82 Å². The molecule has 8 heteroatoms. The van der Waals surface area contributed by atoms with Gasteiger partial charge in [-0.3, -0.25) is 14.9 Å². The first-order valence-corrected chi connectivity index (χ1v) is 8.87. The van der Waals surface area contributed by atoms with Gasteiger partial charge >= 0.3 is 5.69 Å². The summed E-state index contributed by atoms with van der Waals surface area (Å²) < 4.78 is 18.3. The van der Waals surface area contributed by atoms with E-state index >= 15 is 0 Å². The third kappa shape index (κ3) is 4.26. The van der Waals surface area contributed by atoms with Gasteiger partial charge < -0.3 is 4.52 Å². The standard InChI is InChI=1S/C20H16ClFN2O4/c1-12-20(24(26)27)19(28-23-12)11-14(16-4-2-3-5-17(16)21)10-18(25)13-6-8-15(22)9-7-13/h2-9,14H,10-11H2,1H3/t14-/m0/s1. The van der Waals surface area contributed by atoms with E-state index in [2.05, 4.69) is 5.16 Å². The van der Waals surface area contributed by atoms with E-state index in [4.69, 9.17) is 16.1 Å². The highest BCUT2D eigenvalue weighted by atomic mass is 35.5. The highest BCUT2D eigenvalue weighted by Gasteiger charge is 2.29. The average Bonchev–Trinajstić information content (AvgIpc) is 3.02. The Hall–Kier alpha value is -3.06. The number of rotatable bonds is 7. The molecule has 1 aromatic heterocycles. The maximum absolute atomic E-state index is 13.1. The van der Waals surface area contributed by atoms with Crippen LogP contribution in [0.1, 0.15) is 39.7 Å². The van der Waals surface area contributed by atoms with Crippen LogP contribution in [0.25, 0.3) is 0 Å². The van der Waals surface area contributed by atoms with Gasteiger partial charge in [-0.2, -0.15) is 0 Å². The molecule has 0 spiro atoms. The van der Waals surface area contributed by atoms with Crippen molar-refractivity contribution in [1.29, 1.82) is 0 Å². The number of hydrogen-bond acceptors (Lipinski definition) is 5. The predicted molar refractivity (Wildman–Crippen MR) is 101 cm³/mol. The lowest BCUT2D eigenvalue weighted by atomic mass is 9.87. The van der Waals surface area contributed by atoms with E-state index in [-0.39, 0.29) is 35.8 Å². The van der Waals surface area contributed by atoms with Crippen molar-refractivity contribution in [3.05, 3.63) is 92.1 Å². The number of nitro groups is 1. The molecule has 0 unspecified atom stereocenters. The molecule has 3 rings (SSSR count). The Morgan fingerprint density at radius 2 is 1.93 bits per heavy atom. The third-order valence-corrected chi connectivity index (χ3v) is 4.80. The monoisotopic (exact) mass is 402 g/mol. The lowest BCUT2D eigenvalue weighted by Crippen LogP contribution is -2.11. The van der Waals surface area contributed by atoms with E-state index in [9.17, 15) is 19.3 Å². The Bertz CT molecular complexity index is 1020. The summed E-state index contributed by atoms with van der Waals surface area (Å²) in [6.45, 7) is 1.49. The molecular weight excluding hydrogens is 387 g/mol. The van der Waals surface area contributed by atoms with Gasteiger partial charge in [0, 0.05) is 23.4 Å². The second-order valence-electron chi connectivity index (χ2n) is 6.35. The van der Waals surface area contributed by atoms with E-state index in [0.29, 0.717) is 16.1 Å². The number of aryl methyl sites for hydroxylation is 1. The average molecular weight is 403 g/mol. The van der Waals surface area contributed by atoms with Crippen LogP contribution in [-0.4, -0.2) is 15.9 Å². The van der Waals surface area contributed by atoms with E-state index in [0.717, 1.165) is 0 Å². The topological polar surface area (TPSA) is 86.2 Å². The van der Waals surface area contributed by atoms with Crippen LogP contribution >= 0.6 is 11.6 Å². The Kier molecular flexibility index (Phi) is 5.84. The number of Topliss-reactive ketones (excluding diaryl/α,β-unsaturated/α-hetero) is 1. The van der Waals surface area contributed by atoms with Crippen molar-refractivity contribution < 1.29 is 18.6 Å². The number of nitrogens with zero attached hydrogens (tertiary/aromatic N) is 2. The highest BCUT2D eigenvalue weighted by molar-refractivity contribution is 6.31. The minimum atomic E-state index is -0.549. The number of ketones is 1. The summed E-state index contributed by atoms with van der Waals surface area (Å²) in [6, 6.07) is 12.2. The fraction of sp³-hybridized carbons (Fsp3) is 0.200. The molecule has 1 heterocycles. The summed E-state index contributed by atoms with van der Waals surface area (Å²) in [6.07, 6.45) is 0.0973.